The maximum Gasteiger partial charge on any atom is 0.220 e. The van der Waals surface area contributed by atoms with E-state index in [1.807, 2.05) is 0 Å². The third-order valence-corrected chi connectivity index (χ3v) is 4.71. The van der Waals surface area contributed by atoms with E-state index >= 15 is 0 Å². The molecule has 7 nitrogen and oxygen atoms in total. The fourth-order valence-corrected chi connectivity index (χ4v) is 3.55. The summed E-state index contributed by atoms with van der Waals surface area (Å²) in [6, 6.07) is 5.73. The fourth-order valence-electron chi connectivity index (χ4n) is 3.55. The number of phenols is 2. The normalized spacial score (nSPS) is 15.1. The average Bonchev–Trinajstić information content (AvgIpc) is 2.84. The molecule has 27 heavy (non-hydrogen) atoms. The number of aryl methyl sites for hydroxylation is 1. The lowest BCUT2D eigenvalue weighted by Gasteiger charge is -2.17. The number of aromatic hydroxyl groups is 2. The van der Waals surface area contributed by atoms with Gasteiger partial charge < -0.3 is 25.0 Å². The summed E-state index contributed by atoms with van der Waals surface area (Å²) in [5, 5.41) is 23.8. The van der Waals surface area contributed by atoms with Gasteiger partial charge in [0.1, 0.15) is 0 Å². The highest BCUT2D eigenvalue weighted by Crippen LogP contribution is 2.49. The molecule has 0 aliphatic heterocycles. The van der Waals surface area contributed by atoms with E-state index in [2.05, 4.69) is 5.32 Å². The van der Waals surface area contributed by atoms with Gasteiger partial charge in [-0.2, -0.15) is 0 Å². The van der Waals surface area contributed by atoms with Crippen LogP contribution in [-0.4, -0.2) is 30.3 Å². The average molecular weight is 371 g/mol. The van der Waals surface area contributed by atoms with Gasteiger partial charge in [0, 0.05) is 12.5 Å². The molecule has 2 aromatic carbocycles. The largest absolute Gasteiger partial charge is 0.504 e. The summed E-state index contributed by atoms with van der Waals surface area (Å²) in [7, 11) is 2.75. The molecule has 0 unspecified atom stereocenters. The van der Waals surface area contributed by atoms with Crippen LogP contribution in [0.25, 0.3) is 11.1 Å². The minimum atomic E-state index is -0.428. The molecule has 3 rings (SSSR count). The van der Waals surface area contributed by atoms with Crippen LogP contribution in [0, 0.1) is 0 Å². The van der Waals surface area contributed by atoms with E-state index in [1.54, 1.807) is 6.07 Å². The van der Waals surface area contributed by atoms with Crippen molar-refractivity contribution in [1.29, 1.82) is 0 Å². The Morgan fingerprint density at radius 2 is 1.93 bits per heavy atom. The standard InChI is InChI=1S/C20H21NO6/c1-10(22)21-14-6-4-11-8-16(24)20(27-3)19(25)18(11)12-5-7-17(26-2)15(23)9-13(12)14/h5,7-9,14,24-25H,4,6H2,1-3H3,(H,21,22)/t14-/m0/s1. The van der Waals surface area contributed by atoms with Gasteiger partial charge in [-0.3, -0.25) is 9.59 Å². The Morgan fingerprint density at radius 1 is 1.19 bits per heavy atom. The number of carbonyl (C=O) groups is 1. The Kier molecular flexibility index (Phi) is 4.94. The van der Waals surface area contributed by atoms with Crippen molar-refractivity contribution in [3.8, 4) is 34.1 Å². The first kappa shape index (κ1) is 18.6. The third kappa shape index (κ3) is 3.28. The molecule has 3 N–H and O–H groups in total. The summed E-state index contributed by atoms with van der Waals surface area (Å²) >= 11 is 0. The van der Waals surface area contributed by atoms with Crippen LogP contribution in [0.15, 0.2) is 29.1 Å². The maximum absolute atomic E-state index is 12.5. The number of hydrogen-bond acceptors (Lipinski definition) is 6. The molecule has 142 valence electrons. The highest BCUT2D eigenvalue weighted by molar-refractivity contribution is 5.83. The molecule has 0 heterocycles. The summed E-state index contributed by atoms with van der Waals surface area (Å²) in [5.41, 5.74) is 1.96. The van der Waals surface area contributed by atoms with Crippen molar-refractivity contribution in [1.82, 2.24) is 5.32 Å². The van der Waals surface area contributed by atoms with Gasteiger partial charge in [-0.05, 0) is 47.7 Å². The van der Waals surface area contributed by atoms with Crippen molar-refractivity contribution in [3.05, 3.63) is 45.6 Å². The van der Waals surface area contributed by atoms with Crippen LogP contribution >= 0.6 is 0 Å². The smallest absolute Gasteiger partial charge is 0.220 e. The molecule has 1 atom stereocenters. The van der Waals surface area contributed by atoms with Gasteiger partial charge in [-0.1, -0.05) is 6.07 Å². The lowest BCUT2D eigenvalue weighted by molar-refractivity contribution is -0.119. The van der Waals surface area contributed by atoms with Crippen molar-refractivity contribution in [2.24, 2.45) is 0 Å². The molecule has 1 aliphatic rings. The van der Waals surface area contributed by atoms with Crippen molar-refractivity contribution < 1.29 is 24.5 Å². The number of rotatable bonds is 3. The third-order valence-electron chi connectivity index (χ3n) is 4.71. The molecule has 0 aromatic heterocycles. The molecule has 2 aromatic rings. The molecule has 0 spiro atoms. The zero-order chi connectivity index (χ0) is 19.7. The number of benzene rings is 1. The summed E-state index contributed by atoms with van der Waals surface area (Å²) < 4.78 is 10.3. The summed E-state index contributed by atoms with van der Waals surface area (Å²) in [4.78, 5) is 24.2. The number of nitrogens with one attached hydrogen (secondary N) is 1. The van der Waals surface area contributed by atoms with Crippen LogP contribution < -0.4 is 20.2 Å². The Labute approximate surface area is 156 Å². The molecule has 0 saturated heterocycles. The molecule has 0 fully saturated rings. The number of ether oxygens (including phenoxy) is 2. The second-order valence-electron chi connectivity index (χ2n) is 6.38. The predicted molar refractivity (Wildman–Crippen MR) is 99.5 cm³/mol. The molecule has 0 radical (unpaired) electrons. The van der Waals surface area contributed by atoms with E-state index < -0.39 is 6.04 Å². The second-order valence-corrected chi connectivity index (χ2v) is 6.38. The topological polar surface area (TPSA) is 105 Å². The Hall–Kier alpha value is -3.22. The molecular formula is C20H21NO6. The maximum atomic E-state index is 12.5. The molecule has 7 heteroatoms. The van der Waals surface area contributed by atoms with Crippen LogP contribution in [0.2, 0.25) is 0 Å². The lowest BCUT2D eigenvalue weighted by Crippen LogP contribution is -2.26. The Balaban J connectivity index is 2.38. The van der Waals surface area contributed by atoms with E-state index in [0.29, 0.717) is 35.1 Å². The Morgan fingerprint density at radius 3 is 2.56 bits per heavy atom. The molecular weight excluding hydrogens is 350 g/mol. The van der Waals surface area contributed by atoms with Crippen LogP contribution in [0.4, 0.5) is 0 Å². The van der Waals surface area contributed by atoms with Crippen LogP contribution in [0.1, 0.15) is 30.5 Å². The number of amides is 1. The Bertz CT molecular complexity index is 969. The quantitative estimate of drug-likeness (QED) is 0.764. The monoisotopic (exact) mass is 371 g/mol. The number of hydrogen-bond donors (Lipinski definition) is 3. The molecule has 0 saturated carbocycles. The fraction of sp³-hybridized carbons (Fsp3) is 0.300. The minimum Gasteiger partial charge on any atom is -0.504 e. The molecule has 1 aliphatic carbocycles. The van der Waals surface area contributed by atoms with Gasteiger partial charge in [0.2, 0.25) is 17.1 Å². The van der Waals surface area contributed by atoms with E-state index in [1.165, 1.54) is 39.3 Å². The zero-order valence-corrected chi connectivity index (χ0v) is 15.3. The highest BCUT2D eigenvalue weighted by Gasteiger charge is 2.28. The van der Waals surface area contributed by atoms with Gasteiger partial charge in [0.15, 0.2) is 17.2 Å². The SMILES string of the molecule is COc1c(O)cc2c(c1O)-c1ccc(OC)c(=O)cc1[C@@H](NC(C)=O)CC2. The number of methoxy groups -OCH3 is 2. The highest BCUT2D eigenvalue weighted by atomic mass is 16.5. The lowest BCUT2D eigenvalue weighted by atomic mass is 9.95. The van der Waals surface area contributed by atoms with Gasteiger partial charge in [-0.15, -0.1) is 0 Å². The first-order valence-electron chi connectivity index (χ1n) is 8.48. The number of fused-ring (bicyclic) bond motifs is 3. The predicted octanol–water partition coefficient (Wildman–Crippen LogP) is 2.27. The second kappa shape index (κ2) is 7.19. The van der Waals surface area contributed by atoms with E-state index in [0.717, 1.165) is 0 Å². The van der Waals surface area contributed by atoms with Gasteiger partial charge in [0.05, 0.1) is 20.3 Å². The van der Waals surface area contributed by atoms with Gasteiger partial charge in [0.25, 0.3) is 0 Å². The first-order chi connectivity index (χ1) is 12.9. The van der Waals surface area contributed by atoms with Crippen molar-refractivity contribution in [2.75, 3.05) is 14.2 Å². The molecule has 1 amide bonds. The summed E-state index contributed by atoms with van der Waals surface area (Å²) in [6.07, 6.45) is 0.978. The zero-order valence-electron chi connectivity index (χ0n) is 15.3. The van der Waals surface area contributed by atoms with Crippen LogP contribution in [0.3, 0.4) is 0 Å². The summed E-state index contributed by atoms with van der Waals surface area (Å²) in [6.45, 7) is 1.41. The van der Waals surface area contributed by atoms with Crippen LogP contribution in [0.5, 0.6) is 23.0 Å². The van der Waals surface area contributed by atoms with E-state index in [-0.39, 0.29) is 34.3 Å². The summed E-state index contributed by atoms with van der Waals surface area (Å²) in [5.74, 6) is -0.507. The van der Waals surface area contributed by atoms with E-state index in [4.69, 9.17) is 9.47 Å². The van der Waals surface area contributed by atoms with Crippen molar-refractivity contribution in [3.63, 3.8) is 0 Å². The van der Waals surface area contributed by atoms with E-state index in [9.17, 15) is 19.8 Å². The van der Waals surface area contributed by atoms with Crippen LogP contribution in [-0.2, 0) is 11.2 Å². The van der Waals surface area contributed by atoms with Gasteiger partial charge in [-0.25, -0.2) is 0 Å². The minimum absolute atomic E-state index is 0.0431. The van der Waals surface area contributed by atoms with Gasteiger partial charge >= 0.3 is 0 Å². The first-order valence-corrected chi connectivity index (χ1v) is 8.48. The number of phenolic OH excluding ortho intramolecular Hbond substituents is 2. The molecule has 0 bridgehead atoms. The van der Waals surface area contributed by atoms with Crippen molar-refractivity contribution >= 4 is 5.91 Å². The van der Waals surface area contributed by atoms with Crippen molar-refractivity contribution in [2.45, 2.75) is 25.8 Å². The number of carbonyl (C=O) groups excluding carboxylic acids is 1.